The second-order valence-electron chi connectivity index (χ2n) is 6.01. The van der Waals surface area contributed by atoms with E-state index < -0.39 is 0 Å². The van der Waals surface area contributed by atoms with E-state index in [0.717, 1.165) is 17.7 Å². The number of halogens is 1. The molecule has 0 bridgehead atoms. The fourth-order valence-electron chi connectivity index (χ4n) is 2.69. The second kappa shape index (κ2) is 8.72. The normalized spacial score (nSPS) is 10.3. The van der Waals surface area contributed by atoms with E-state index >= 15 is 0 Å². The van der Waals surface area contributed by atoms with Gasteiger partial charge in [-0.2, -0.15) is 0 Å². The predicted octanol–water partition coefficient (Wildman–Crippen LogP) is 4.67. The van der Waals surface area contributed by atoms with Crippen molar-refractivity contribution in [2.75, 3.05) is 23.9 Å². The molecule has 6 heteroatoms. The first kappa shape index (κ1) is 19.8. The number of ether oxygens (including phenoxy) is 1. The number of aryl methyl sites for hydroxylation is 1. The summed E-state index contributed by atoms with van der Waals surface area (Å²) < 4.78 is 5.37. The molecule has 0 saturated heterocycles. The number of carbonyl (C=O) groups excluding carboxylic acids is 2. The summed E-state index contributed by atoms with van der Waals surface area (Å²) in [6.07, 6.45) is 0.805. The van der Waals surface area contributed by atoms with Crippen molar-refractivity contribution in [1.29, 1.82) is 0 Å². The number of anilines is 2. The SMILES string of the molecule is CCCN(C(=O)c1cc(Cl)c(NC(C)=O)cc1OC)c1cccc(C)c1. The van der Waals surface area contributed by atoms with Crippen molar-refractivity contribution in [2.45, 2.75) is 27.2 Å². The zero-order valence-electron chi connectivity index (χ0n) is 15.4. The van der Waals surface area contributed by atoms with Crippen LogP contribution in [-0.2, 0) is 4.79 Å². The summed E-state index contributed by atoms with van der Waals surface area (Å²) in [7, 11) is 1.48. The molecular formula is C20H23ClN2O3. The van der Waals surface area contributed by atoms with Crippen LogP contribution in [0.3, 0.4) is 0 Å². The molecule has 138 valence electrons. The molecule has 0 aliphatic rings. The van der Waals surface area contributed by atoms with Crippen molar-refractivity contribution in [3.63, 3.8) is 0 Å². The lowest BCUT2D eigenvalue weighted by Gasteiger charge is -2.24. The van der Waals surface area contributed by atoms with Gasteiger partial charge in [0, 0.05) is 25.2 Å². The Balaban J connectivity index is 2.48. The molecule has 0 aliphatic carbocycles. The van der Waals surface area contributed by atoms with Crippen molar-refractivity contribution in [3.05, 3.63) is 52.5 Å². The van der Waals surface area contributed by atoms with Crippen molar-refractivity contribution in [2.24, 2.45) is 0 Å². The van der Waals surface area contributed by atoms with Crippen LogP contribution in [0.5, 0.6) is 5.75 Å². The van der Waals surface area contributed by atoms with Crippen LogP contribution in [0.2, 0.25) is 5.02 Å². The first-order valence-corrected chi connectivity index (χ1v) is 8.78. The van der Waals surface area contributed by atoms with Crippen LogP contribution in [0.15, 0.2) is 36.4 Å². The van der Waals surface area contributed by atoms with Crippen LogP contribution in [0.4, 0.5) is 11.4 Å². The largest absolute Gasteiger partial charge is 0.496 e. The van der Waals surface area contributed by atoms with Crippen molar-refractivity contribution < 1.29 is 14.3 Å². The van der Waals surface area contributed by atoms with E-state index in [0.29, 0.717) is 23.5 Å². The molecule has 2 aromatic carbocycles. The van der Waals surface area contributed by atoms with Gasteiger partial charge >= 0.3 is 0 Å². The zero-order chi connectivity index (χ0) is 19.3. The zero-order valence-corrected chi connectivity index (χ0v) is 16.2. The van der Waals surface area contributed by atoms with Gasteiger partial charge in [-0.1, -0.05) is 30.7 Å². The third-order valence-corrected chi connectivity index (χ3v) is 4.15. The van der Waals surface area contributed by atoms with Crippen molar-refractivity contribution in [1.82, 2.24) is 0 Å². The van der Waals surface area contributed by atoms with Gasteiger partial charge in [0.2, 0.25) is 5.91 Å². The molecule has 2 rings (SSSR count). The van der Waals surface area contributed by atoms with Gasteiger partial charge in [0.05, 0.1) is 23.4 Å². The minimum Gasteiger partial charge on any atom is -0.496 e. The predicted molar refractivity (Wildman–Crippen MR) is 105 cm³/mol. The van der Waals surface area contributed by atoms with Crippen molar-refractivity contribution in [3.8, 4) is 5.75 Å². The maximum atomic E-state index is 13.2. The lowest BCUT2D eigenvalue weighted by atomic mass is 10.1. The summed E-state index contributed by atoms with van der Waals surface area (Å²) in [5.74, 6) is -0.0946. The minimum absolute atomic E-state index is 0.203. The molecule has 0 fully saturated rings. The number of hydrogen-bond donors (Lipinski definition) is 1. The molecule has 0 aliphatic heterocycles. The highest BCUT2D eigenvalue weighted by molar-refractivity contribution is 6.34. The molecule has 0 saturated carbocycles. The Labute approximate surface area is 158 Å². The molecule has 2 aromatic rings. The van der Waals surface area contributed by atoms with E-state index in [9.17, 15) is 9.59 Å². The molecule has 1 N–H and O–H groups in total. The fourth-order valence-corrected chi connectivity index (χ4v) is 2.90. The molecule has 0 aromatic heterocycles. The second-order valence-corrected chi connectivity index (χ2v) is 6.42. The summed E-state index contributed by atoms with van der Waals surface area (Å²) >= 11 is 6.26. The molecule has 0 atom stereocenters. The van der Waals surface area contributed by atoms with E-state index in [1.807, 2.05) is 38.1 Å². The molecule has 0 heterocycles. The molecule has 0 unspecified atom stereocenters. The van der Waals surface area contributed by atoms with Gasteiger partial charge in [-0.3, -0.25) is 9.59 Å². The third kappa shape index (κ3) is 4.55. The van der Waals surface area contributed by atoms with Crippen LogP contribution in [0.1, 0.15) is 36.2 Å². The quantitative estimate of drug-likeness (QED) is 0.799. The van der Waals surface area contributed by atoms with Gasteiger partial charge in [-0.15, -0.1) is 0 Å². The minimum atomic E-state index is -0.250. The average Bonchev–Trinajstić information content (AvgIpc) is 2.60. The van der Waals surface area contributed by atoms with Gasteiger partial charge in [-0.25, -0.2) is 0 Å². The summed E-state index contributed by atoms with van der Waals surface area (Å²) in [4.78, 5) is 26.2. The third-order valence-electron chi connectivity index (χ3n) is 3.84. The number of benzene rings is 2. The number of methoxy groups -OCH3 is 1. The molecule has 0 spiro atoms. The van der Waals surface area contributed by atoms with E-state index in [4.69, 9.17) is 16.3 Å². The van der Waals surface area contributed by atoms with Crippen LogP contribution < -0.4 is 15.0 Å². The molecule has 2 amide bonds. The number of amides is 2. The Morgan fingerprint density at radius 1 is 1.23 bits per heavy atom. The van der Waals surface area contributed by atoms with E-state index in [-0.39, 0.29) is 16.8 Å². The summed E-state index contributed by atoms with van der Waals surface area (Å²) in [6.45, 7) is 5.96. The highest BCUT2D eigenvalue weighted by Gasteiger charge is 2.22. The van der Waals surface area contributed by atoms with E-state index in [2.05, 4.69) is 5.32 Å². The number of carbonyl (C=O) groups is 2. The lowest BCUT2D eigenvalue weighted by molar-refractivity contribution is -0.114. The van der Waals surface area contributed by atoms with Crippen LogP contribution in [0.25, 0.3) is 0 Å². The van der Waals surface area contributed by atoms with Crippen LogP contribution >= 0.6 is 11.6 Å². The van der Waals surface area contributed by atoms with Gasteiger partial charge in [0.15, 0.2) is 0 Å². The van der Waals surface area contributed by atoms with Crippen molar-refractivity contribution >= 4 is 34.8 Å². The monoisotopic (exact) mass is 374 g/mol. The smallest absolute Gasteiger partial charge is 0.262 e. The summed E-state index contributed by atoms with van der Waals surface area (Å²) in [6, 6.07) is 10.9. The van der Waals surface area contributed by atoms with Gasteiger partial charge < -0.3 is 15.0 Å². The maximum Gasteiger partial charge on any atom is 0.262 e. The van der Waals surface area contributed by atoms with Gasteiger partial charge in [0.25, 0.3) is 5.91 Å². The number of rotatable bonds is 6. The molecule has 0 radical (unpaired) electrons. The van der Waals surface area contributed by atoms with Crippen LogP contribution in [0, 0.1) is 6.92 Å². The fraction of sp³-hybridized carbons (Fsp3) is 0.300. The topological polar surface area (TPSA) is 58.6 Å². The molecular weight excluding hydrogens is 352 g/mol. The average molecular weight is 375 g/mol. The number of hydrogen-bond acceptors (Lipinski definition) is 3. The highest BCUT2D eigenvalue weighted by Crippen LogP contribution is 2.33. The number of nitrogens with zero attached hydrogens (tertiary/aromatic N) is 1. The summed E-state index contributed by atoms with van der Waals surface area (Å²) in [5, 5.41) is 2.91. The van der Waals surface area contributed by atoms with Crippen LogP contribution in [-0.4, -0.2) is 25.5 Å². The Morgan fingerprint density at radius 3 is 2.54 bits per heavy atom. The van der Waals surface area contributed by atoms with Gasteiger partial charge in [0.1, 0.15) is 5.75 Å². The Bertz CT molecular complexity index is 821. The maximum absolute atomic E-state index is 13.2. The van der Waals surface area contributed by atoms with E-state index in [1.54, 1.807) is 11.0 Å². The number of nitrogens with one attached hydrogen (secondary N) is 1. The Morgan fingerprint density at radius 2 is 1.96 bits per heavy atom. The molecule has 5 nitrogen and oxygen atoms in total. The first-order chi connectivity index (χ1) is 12.4. The Hall–Kier alpha value is -2.53. The highest BCUT2D eigenvalue weighted by atomic mass is 35.5. The van der Waals surface area contributed by atoms with Gasteiger partial charge in [-0.05, 0) is 37.1 Å². The standard InChI is InChI=1S/C20H23ClN2O3/c1-5-9-23(15-8-6-7-13(2)10-15)20(25)16-11-17(21)18(22-14(3)24)12-19(16)26-4/h6-8,10-12H,5,9H2,1-4H3,(H,22,24). The van der Waals surface area contributed by atoms with E-state index in [1.165, 1.54) is 20.1 Å². The lowest BCUT2D eigenvalue weighted by Crippen LogP contribution is -2.32. The Kier molecular flexibility index (Phi) is 6.64. The first-order valence-electron chi connectivity index (χ1n) is 8.41. The molecule has 26 heavy (non-hydrogen) atoms. The summed E-state index contributed by atoms with van der Waals surface area (Å²) in [5.41, 5.74) is 2.65.